The highest BCUT2D eigenvalue weighted by atomic mass is 16.2. The van der Waals surface area contributed by atoms with Gasteiger partial charge < -0.3 is 15.1 Å². The largest absolute Gasteiger partial charge is 0.334 e. The molecule has 4 rings (SSSR count). The summed E-state index contributed by atoms with van der Waals surface area (Å²) in [6.45, 7) is 4.20. The van der Waals surface area contributed by atoms with Crippen LogP contribution >= 0.6 is 0 Å². The van der Waals surface area contributed by atoms with Gasteiger partial charge in [0.15, 0.2) is 0 Å². The van der Waals surface area contributed by atoms with Crippen LogP contribution in [0.2, 0.25) is 0 Å². The van der Waals surface area contributed by atoms with Crippen LogP contribution in [0.1, 0.15) is 43.4 Å². The maximum absolute atomic E-state index is 12.8. The standard InChI is InChI=1S/C25H31N3O2/c1-19(22-10-6-3-7-11-22)28-18-23(17-24(28)29)26-25(30)27-14-12-21(13-15-27)16-20-8-4-2-5-9-20/h2-11,19,21,23H,12-18H2,1H3,(H,26,30). The van der Waals surface area contributed by atoms with Gasteiger partial charge in [-0.1, -0.05) is 60.7 Å². The average Bonchev–Trinajstić information content (AvgIpc) is 3.15. The third-order valence-corrected chi connectivity index (χ3v) is 6.50. The number of likely N-dealkylation sites (tertiary alicyclic amines) is 2. The number of carbonyl (C=O) groups excluding carboxylic acids is 2. The van der Waals surface area contributed by atoms with Crippen molar-refractivity contribution in [2.24, 2.45) is 5.92 Å². The van der Waals surface area contributed by atoms with Gasteiger partial charge in [0.05, 0.1) is 12.1 Å². The van der Waals surface area contributed by atoms with Crippen LogP contribution in [0.4, 0.5) is 4.79 Å². The van der Waals surface area contributed by atoms with E-state index in [0.717, 1.165) is 37.9 Å². The normalized spacial score (nSPS) is 21.0. The second-order valence-corrected chi connectivity index (χ2v) is 8.60. The Labute approximate surface area is 179 Å². The molecule has 2 unspecified atom stereocenters. The number of hydrogen-bond acceptors (Lipinski definition) is 2. The van der Waals surface area contributed by atoms with Crippen molar-refractivity contribution in [2.45, 2.75) is 44.7 Å². The highest BCUT2D eigenvalue weighted by Crippen LogP contribution is 2.26. The number of rotatable bonds is 5. The molecule has 2 saturated heterocycles. The Kier molecular flexibility index (Phi) is 6.36. The molecule has 30 heavy (non-hydrogen) atoms. The van der Waals surface area contributed by atoms with Crippen molar-refractivity contribution in [2.75, 3.05) is 19.6 Å². The van der Waals surface area contributed by atoms with E-state index >= 15 is 0 Å². The maximum atomic E-state index is 12.8. The molecule has 5 heteroatoms. The summed E-state index contributed by atoms with van der Waals surface area (Å²) >= 11 is 0. The lowest BCUT2D eigenvalue weighted by atomic mass is 9.90. The molecule has 0 saturated carbocycles. The number of hydrogen-bond donors (Lipinski definition) is 1. The van der Waals surface area contributed by atoms with E-state index in [2.05, 4.69) is 36.5 Å². The average molecular weight is 406 g/mol. The highest BCUT2D eigenvalue weighted by Gasteiger charge is 2.35. The first-order valence-electron chi connectivity index (χ1n) is 11.0. The van der Waals surface area contributed by atoms with Crippen LogP contribution < -0.4 is 5.32 Å². The predicted molar refractivity (Wildman–Crippen MR) is 118 cm³/mol. The van der Waals surface area contributed by atoms with Gasteiger partial charge in [-0.3, -0.25) is 4.79 Å². The van der Waals surface area contributed by atoms with E-state index < -0.39 is 0 Å². The number of benzene rings is 2. The molecule has 0 bridgehead atoms. The minimum atomic E-state index is -0.113. The van der Waals surface area contributed by atoms with Crippen LogP contribution in [0.5, 0.6) is 0 Å². The first-order chi connectivity index (χ1) is 14.6. The number of carbonyl (C=O) groups is 2. The highest BCUT2D eigenvalue weighted by molar-refractivity contribution is 5.82. The molecule has 0 radical (unpaired) electrons. The van der Waals surface area contributed by atoms with E-state index in [1.165, 1.54) is 5.56 Å². The van der Waals surface area contributed by atoms with E-state index in [-0.39, 0.29) is 24.0 Å². The summed E-state index contributed by atoms with van der Waals surface area (Å²) in [7, 11) is 0. The topological polar surface area (TPSA) is 52.7 Å². The number of urea groups is 1. The first-order valence-corrected chi connectivity index (χ1v) is 11.0. The van der Waals surface area contributed by atoms with E-state index in [1.807, 2.05) is 46.2 Å². The van der Waals surface area contributed by atoms with Crippen LogP contribution in [-0.4, -0.2) is 47.4 Å². The minimum absolute atomic E-state index is 0.0225. The summed E-state index contributed by atoms with van der Waals surface area (Å²) in [5.41, 5.74) is 2.50. The molecule has 0 spiro atoms. The van der Waals surface area contributed by atoms with E-state index in [0.29, 0.717) is 18.9 Å². The van der Waals surface area contributed by atoms with Crippen molar-refractivity contribution >= 4 is 11.9 Å². The fraction of sp³-hybridized carbons (Fsp3) is 0.440. The molecule has 2 aliphatic rings. The molecule has 0 aromatic heterocycles. The first kappa shape index (κ1) is 20.5. The van der Waals surface area contributed by atoms with Gasteiger partial charge in [-0.05, 0) is 43.2 Å². The molecule has 5 nitrogen and oxygen atoms in total. The second-order valence-electron chi connectivity index (χ2n) is 8.60. The quantitative estimate of drug-likeness (QED) is 0.817. The molecule has 2 fully saturated rings. The summed E-state index contributed by atoms with van der Waals surface area (Å²) in [6.07, 6.45) is 3.53. The molecule has 1 N–H and O–H groups in total. The zero-order valence-corrected chi connectivity index (χ0v) is 17.7. The number of nitrogens with zero attached hydrogens (tertiary/aromatic N) is 2. The summed E-state index contributed by atoms with van der Waals surface area (Å²) in [5.74, 6) is 0.741. The number of piperidine rings is 1. The lowest BCUT2D eigenvalue weighted by molar-refractivity contribution is -0.129. The zero-order valence-electron chi connectivity index (χ0n) is 17.7. The van der Waals surface area contributed by atoms with E-state index in [4.69, 9.17) is 0 Å². The molecule has 2 atom stereocenters. The van der Waals surface area contributed by atoms with Crippen LogP contribution in [0.3, 0.4) is 0 Å². The molecular formula is C25H31N3O2. The van der Waals surface area contributed by atoms with Crippen molar-refractivity contribution in [1.29, 1.82) is 0 Å². The van der Waals surface area contributed by atoms with E-state index in [1.54, 1.807) is 0 Å². The third kappa shape index (κ3) is 4.84. The fourth-order valence-electron chi connectivity index (χ4n) is 4.67. The van der Waals surface area contributed by atoms with E-state index in [9.17, 15) is 9.59 Å². The van der Waals surface area contributed by atoms with Crippen molar-refractivity contribution in [3.8, 4) is 0 Å². The molecular weight excluding hydrogens is 374 g/mol. The molecule has 0 aliphatic carbocycles. The Morgan fingerprint density at radius 3 is 2.33 bits per heavy atom. The van der Waals surface area contributed by atoms with Crippen LogP contribution in [-0.2, 0) is 11.2 Å². The summed E-state index contributed by atoms with van der Waals surface area (Å²) in [4.78, 5) is 29.1. The third-order valence-electron chi connectivity index (χ3n) is 6.50. The van der Waals surface area contributed by atoms with Crippen molar-refractivity contribution in [1.82, 2.24) is 15.1 Å². The van der Waals surface area contributed by atoms with Gasteiger partial charge in [-0.15, -0.1) is 0 Å². The van der Waals surface area contributed by atoms with Crippen molar-refractivity contribution in [3.63, 3.8) is 0 Å². The monoisotopic (exact) mass is 405 g/mol. The minimum Gasteiger partial charge on any atom is -0.334 e. The van der Waals surface area contributed by atoms with Gasteiger partial charge in [0.2, 0.25) is 5.91 Å². The SMILES string of the molecule is CC(c1ccccc1)N1CC(NC(=O)N2CCC(Cc3ccccc3)CC2)CC1=O. The number of nitrogens with one attached hydrogen (secondary N) is 1. The zero-order chi connectivity index (χ0) is 20.9. The Morgan fingerprint density at radius 1 is 1.03 bits per heavy atom. The Hall–Kier alpha value is -2.82. The molecule has 2 aromatic carbocycles. The van der Waals surface area contributed by atoms with Gasteiger partial charge in [0, 0.05) is 26.1 Å². The van der Waals surface area contributed by atoms with Crippen LogP contribution in [0.25, 0.3) is 0 Å². The summed E-state index contributed by atoms with van der Waals surface area (Å²) < 4.78 is 0. The predicted octanol–water partition coefficient (Wildman–Crippen LogP) is 4.01. The van der Waals surface area contributed by atoms with Crippen LogP contribution in [0.15, 0.2) is 60.7 Å². The second kappa shape index (κ2) is 9.33. The van der Waals surface area contributed by atoms with Gasteiger partial charge in [0.1, 0.15) is 0 Å². The van der Waals surface area contributed by atoms with Gasteiger partial charge in [-0.25, -0.2) is 4.79 Å². The van der Waals surface area contributed by atoms with Crippen molar-refractivity contribution < 1.29 is 9.59 Å². The summed E-state index contributed by atoms with van der Waals surface area (Å²) in [5, 5.41) is 3.10. The Balaban J connectivity index is 1.25. The summed E-state index contributed by atoms with van der Waals surface area (Å²) in [6, 6.07) is 20.5. The molecule has 2 heterocycles. The van der Waals surface area contributed by atoms with Gasteiger partial charge >= 0.3 is 6.03 Å². The molecule has 158 valence electrons. The van der Waals surface area contributed by atoms with Crippen molar-refractivity contribution in [3.05, 3.63) is 71.8 Å². The lowest BCUT2D eigenvalue weighted by Crippen LogP contribution is -2.48. The molecule has 3 amide bonds. The Morgan fingerprint density at radius 2 is 1.67 bits per heavy atom. The number of amides is 3. The molecule has 2 aromatic rings. The fourth-order valence-corrected chi connectivity index (χ4v) is 4.67. The Bertz CT molecular complexity index is 847. The van der Waals surface area contributed by atoms with Crippen LogP contribution in [0, 0.1) is 5.92 Å². The maximum Gasteiger partial charge on any atom is 0.317 e. The lowest BCUT2D eigenvalue weighted by Gasteiger charge is -2.33. The van der Waals surface area contributed by atoms with Gasteiger partial charge in [-0.2, -0.15) is 0 Å². The molecule has 2 aliphatic heterocycles. The smallest absolute Gasteiger partial charge is 0.317 e. The van der Waals surface area contributed by atoms with Gasteiger partial charge in [0.25, 0.3) is 0 Å².